The first-order valence-electron chi connectivity index (χ1n) is 7.55. The third-order valence-corrected chi connectivity index (χ3v) is 2.86. The fraction of sp³-hybridized carbons (Fsp3) is 0.200. The summed E-state index contributed by atoms with van der Waals surface area (Å²) in [5.41, 5.74) is 1.17. The smallest absolute Gasteiger partial charge is 0.412 e. The van der Waals surface area contributed by atoms with Crippen LogP contribution in [-0.2, 0) is 4.74 Å². The number of nitrogens with one attached hydrogen (secondary N) is 1. The van der Waals surface area contributed by atoms with Gasteiger partial charge in [0.05, 0.1) is 0 Å². The van der Waals surface area contributed by atoms with Crippen LogP contribution in [0.15, 0.2) is 54.6 Å². The Hall–Kier alpha value is -3.06. The van der Waals surface area contributed by atoms with Gasteiger partial charge in [0.1, 0.15) is 5.60 Å². The van der Waals surface area contributed by atoms with Crippen molar-refractivity contribution in [2.24, 2.45) is 0 Å². The number of Topliss-reactive ketones (excluding diaryl/α,β-unsaturated/α-hetero) is 1. The van der Waals surface area contributed by atoms with Crippen molar-refractivity contribution in [3.05, 3.63) is 65.7 Å². The summed E-state index contributed by atoms with van der Waals surface area (Å²) in [4.78, 5) is 23.7. The first-order valence-corrected chi connectivity index (χ1v) is 7.55. The maximum absolute atomic E-state index is 12.0. The molecule has 2 aromatic carbocycles. The van der Waals surface area contributed by atoms with Crippen LogP contribution in [0.1, 0.15) is 36.7 Å². The number of carbonyl (C=O) groups is 2. The molecule has 0 heterocycles. The minimum absolute atomic E-state index is 0.249. The van der Waals surface area contributed by atoms with Crippen molar-refractivity contribution in [3.8, 4) is 11.8 Å². The zero-order valence-electron chi connectivity index (χ0n) is 13.9. The molecule has 4 nitrogen and oxygen atoms in total. The highest BCUT2D eigenvalue weighted by Crippen LogP contribution is 2.13. The van der Waals surface area contributed by atoms with Crippen molar-refractivity contribution in [2.75, 3.05) is 5.32 Å². The maximum atomic E-state index is 12.0. The normalized spacial score (nSPS) is 10.3. The highest BCUT2D eigenvalue weighted by molar-refractivity contribution is 6.09. The fourth-order valence-corrected chi connectivity index (χ4v) is 1.89. The standard InChI is InChI=1S/C20H19NO3/c1-20(2,3)24-19(23)21-17-11-7-8-15(14-17)12-13-18(22)16-9-5-4-6-10-16/h4-11,14H,1-3H3,(H,21,23). The number of ether oxygens (including phenoxy) is 1. The van der Waals surface area contributed by atoms with Crippen molar-refractivity contribution >= 4 is 17.6 Å². The molecular formula is C20H19NO3. The first-order chi connectivity index (χ1) is 11.3. The molecule has 0 aromatic heterocycles. The summed E-state index contributed by atoms with van der Waals surface area (Å²) in [5, 5.41) is 2.64. The predicted octanol–water partition coefficient (Wildman–Crippen LogP) is 4.27. The summed E-state index contributed by atoms with van der Waals surface area (Å²) in [7, 11) is 0. The predicted molar refractivity (Wildman–Crippen MR) is 93.9 cm³/mol. The number of carbonyl (C=O) groups excluding carboxylic acids is 2. The molecule has 2 rings (SSSR count). The third-order valence-electron chi connectivity index (χ3n) is 2.86. The second-order valence-electron chi connectivity index (χ2n) is 6.15. The molecule has 0 radical (unpaired) electrons. The Bertz CT molecular complexity index is 793. The molecule has 1 amide bonds. The SMILES string of the molecule is CC(C)(C)OC(=O)Nc1cccc(C#CC(=O)c2ccccc2)c1. The van der Waals surface area contributed by atoms with Crippen LogP contribution >= 0.6 is 0 Å². The molecular weight excluding hydrogens is 302 g/mol. The number of benzene rings is 2. The van der Waals surface area contributed by atoms with Crippen LogP contribution in [-0.4, -0.2) is 17.5 Å². The van der Waals surface area contributed by atoms with Gasteiger partial charge in [-0.1, -0.05) is 42.3 Å². The molecule has 0 bridgehead atoms. The third kappa shape index (κ3) is 5.62. The van der Waals surface area contributed by atoms with Gasteiger partial charge < -0.3 is 4.74 Å². The van der Waals surface area contributed by atoms with Crippen LogP contribution in [0.5, 0.6) is 0 Å². The van der Waals surface area contributed by atoms with Crippen LogP contribution in [0.2, 0.25) is 0 Å². The van der Waals surface area contributed by atoms with Gasteiger partial charge in [0, 0.05) is 16.8 Å². The molecule has 0 aliphatic carbocycles. The minimum Gasteiger partial charge on any atom is -0.444 e. The number of rotatable bonds is 2. The number of hydrogen-bond donors (Lipinski definition) is 1. The fourth-order valence-electron chi connectivity index (χ4n) is 1.89. The molecule has 4 heteroatoms. The minimum atomic E-state index is -0.566. The Balaban J connectivity index is 2.07. The van der Waals surface area contributed by atoms with Crippen LogP contribution in [0.25, 0.3) is 0 Å². The molecule has 0 unspecified atom stereocenters. The van der Waals surface area contributed by atoms with E-state index in [-0.39, 0.29) is 5.78 Å². The van der Waals surface area contributed by atoms with Gasteiger partial charge in [0.25, 0.3) is 0 Å². The summed E-state index contributed by atoms with van der Waals surface area (Å²) in [6.45, 7) is 5.39. The van der Waals surface area contributed by atoms with E-state index in [1.807, 2.05) is 6.07 Å². The highest BCUT2D eigenvalue weighted by atomic mass is 16.6. The van der Waals surface area contributed by atoms with Gasteiger partial charge >= 0.3 is 6.09 Å². The maximum Gasteiger partial charge on any atom is 0.412 e. The Labute approximate surface area is 141 Å². The van der Waals surface area contributed by atoms with Crippen molar-refractivity contribution in [1.82, 2.24) is 0 Å². The monoisotopic (exact) mass is 321 g/mol. The van der Waals surface area contributed by atoms with E-state index in [9.17, 15) is 9.59 Å². The molecule has 2 aromatic rings. The van der Waals surface area contributed by atoms with Crippen molar-refractivity contribution in [2.45, 2.75) is 26.4 Å². The van der Waals surface area contributed by atoms with Crippen LogP contribution in [0.4, 0.5) is 10.5 Å². The number of ketones is 1. The number of amides is 1. The molecule has 0 saturated carbocycles. The average molecular weight is 321 g/mol. The average Bonchev–Trinajstić information content (AvgIpc) is 2.52. The molecule has 0 atom stereocenters. The van der Waals surface area contributed by atoms with Gasteiger partial charge in [-0.3, -0.25) is 10.1 Å². The summed E-state index contributed by atoms with van der Waals surface area (Å²) >= 11 is 0. The van der Waals surface area contributed by atoms with Gasteiger partial charge in [0.15, 0.2) is 0 Å². The van der Waals surface area contributed by atoms with Crippen LogP contribution < -0.4 is 5.32 Å². The molecule has 1 N–H and O–H groups in total. The summed E-state index contributed by atoms with van der Waals surface area (Å²) in [6.07, 6.45) is -0.534. The molecule has 122 valence electrons. The molecule has 0 spiro atoms. The Morgan fingerprint density at radius 3 is 2.38 bits per heavy atom. The van der Waals surface area contributed by atoms with E-state index in [1.165, 1.54) is 0 Å². The Kier molecular flexibility index (Phi) is 5.39. The van der Waals surface area contributed by atoms with E-state index in [1.54, 1.807) is 69.3 Å². The lowest BCUT2D eigenvalue weighted by Crippen LogP contribution is -2.27. The highest BCUT2D eigenvalue weighted by Gasteiger charge is 2.16. The van der Waals surface area contributed by atoms with Crippen molar-refractivity contribution in [1.29, 1.82) is 0 Å². The second-order valence-corrected chi connectivity index (χ2v) is 6.15. The van der Waals surface area contributed by atoms with Crippen molar-refractivity contribution in [3.63, 3.8) is 0 Å². The van der Waals surface area contributed by atoms with Gasteiger partial charge in [-0.2, -0.15) is 0 Å². The lowest BCUT2D eigenvalue weighted by molar-refractivity contribution is 0.0635. The molecule has 0 aliphatic heterocycles. The van der Waals surface area contributed by atoms with E-state index >= 15 is 0 Å². The zero-order chi connectivity index (χ0) is 17.6. The van der Waals surface area contributed by atoms with E-state index in [0.29, 0.717) is 16.8 Å². The molecule has 0 aliphatic rings. The summed E-state index contributed by atoms with van der Waals surface area (Å²) < 4.78 is 5.20. The molecule has 24 heavy (non-hydrogen) atoms. The molecule has 0 fully saturated rings. The number of hydrogen-bond acceptors (Lipinski definition) is 3. The summed E-state index contributed by atoms with van der Waals surface area (Å²) in [6, 6.07) is 15.8. The number of anilines is 1. The molecule has 0 saturated heterocycles. The lowest BCUT2D eigenvalue weighted by atomic mass is 10.1. The Morgan fingerprint density at radius 1 is 1.00 bits per heavy atom. The van der Waals surface area contributed by atoms with E-state index in [0.717, 1.165) is 0 Å². The zero-order valence-corrected chi connectivity index (χ0v) is 13.9. The van der Waals surface area contributed by atoms with Crippen LogP contribution in [0.3, 0.4) is 0 Å². The van der Waals surface area contributed by atoms with Gasteiger partial charge in [0.2, 0.25) is 5.78 Å². The van der Waals surface area contributed by atoms with Gasteiger partial charge in [-0.15, -0.1) is 0 Å². The Morgan fingerprint density at radius 2 is 1.71 bits per heavy atom. The van der Waals surface area contributed by atoms with Crippen molar-refractivity contribution < 1.29 is 14.3 Å². The van der Waals surface area contributed by atoms with Gasteiger partial charge in [-0.05, 0) is 44.9 Å². The summed E-state index contributed by atoms with van der Waals surface area (Å²) in [5.74, 6) is 5.17. The topological polar surface area (TPSA) is 55.4 Å². The lowest BCUT2D eigenvalue weighted by Gasteiger charge is -2.19. The first kappa shape index (κ1) is 17.3. The van der Waals surface area contributed by atoms with E-state index in [4.69, 9.17) is 4.74 Å². The van der Waals surface area contributed by atoms with E-state index in [2.05, 4.69) is 17.2 Å². The van der Waals surface area contributed by atoms with E-state index < -0.39 is 11.7 Å². The quantitative estimate of drug-likeness (QED) is 0.664. The van der Waals surface area contributed by atoms with Gasteiger partial charge in [-0.25, -0.2) is 4.79 Å². The van der Waals surface area contributed by atoms with Crippen LogP contribution in [0, 0.1) is 11.8 Å². The largest absolute Gasteiger partial charge is 0.444 e. The second kappa shape index (κ2) is 7.47.